The molecule has 0 aliphatic carbocycles. The lowest BCUT2D eigenvalue weighted by molar-refractivity contribution is -0.140. The largest absolute Gasteiger partial charge is 0.507 e. The maximum Gasteiger partial charge on any atom is 0.295 e. The molecule has 1 fully saturated rings. The van der Waals surface area contributed by atoms with Gasteiger partial charge in [0.05, 0.1) is 11.6 Å². The Balaban J connectivity index is 1.53. The molecular weight excluding hydrogens is 480 g/mol. The van der Waals surface area contributed by atoms with Crippen molar-refractivity contribution in [2.24, 2.45) is 0 Å². The third-order valence-electron chi connectivity index (χ3n) is 6.92. The van der Waals surface area contributed by atoms with Gasteiger partial charge in [-0.15, -0.1) is 0 Å². The molecule has 2 atom stereocenters. The zero-order chi connectivity index (χ0) is 26.8. The summed E-state index contributed by atoms with van der Waals surface area (Å²) in [5.74, 6) is -0.0914. The van der Waals surface area contributed by atoms with Gasteiger partial charge in [0.15, 0.2) is 0 Å². The molecule has 0 bridgehead atoms. The average molecular weight is 513 g/mol. The second-order valence-electron chi connectivity index (χ2n) is 10.1. The number of Topliss-reactive ketones (excluding diaryl/α,β-unsaturated/α-hetero) is 1. The predicted molar refractivity (Wildman–Crippen MR) is 145 cm³/mol. The molecule has 7 nitrogen and oxygen atoms in total. The van der Waals surface area contributed by atoms with Crippen LogP contribution in [0.15, 0.2) is 78.4 Å². The normalized spacial score (nSPS) is 20.1. The van der Waals surface area contributed by atoms with Crippen LogP contribution in [0.25, 0.3) is 5.76 Å². The number of likely N-dealkylation sites (tertiary alicyclic amines) is 1. The number of rotatable bonds is 8. The molecule has 1 N–H and O–H groups in total. The molecule has 0 radical (unpaired) electrons. The monoisotopic (exact) mass is 512 g/mol. The van der Waals surface area contributed by atoms with E-state index in [9.17, 15) is 14.7 Å². The van der Waals surface area contributed by atoms with Gasteiger partial charge in [-0.05, 0) is 68.0 Å². The summed E-state index contributed by atoms with van der Waals surface area (Å²) < 4.78 is 11.8. The van der Waals surface area contributed by atoms with Gasteiger partial charge in [0.2, 0.25) is 0 Å². The number of aliphatic hydroxyl groups excluding tert-OH is 1. The second kappa shape index (κ2) is 10.7. The van der Waals surface area contributed by atoms with Crippen molar-refractivity contribution < 1.29 is 24.2 Å². The Morgan fingerprint density at radius 1 is 1.05 bits per heavy atom. The van der Waals surface area contributed by atoms with E-state index in [1.54, 1.807) is 11.0 Å². The highest BCUT2D eigenvalue weighted by Gasteiger charge is 2.46. The first kappa shape index (κ1) is 25.5. The zero-order valence-electron chi connectivity index (χ0n) is 21.9. The van der Waals surface area contributed by atoms with Crippen LogP contribution >= 0.6 is 0 Å². The summed E-state index contributed by atoms with van der Waals surface area (Å²) in [6.07, 6.45) is 0.773. The molecule has 0 aromatic heterocycles. The Morgan fingerprint density at radius 2 is 1.84 bits per heavy atom. The highest BCUT2D eigenvalue weighted by Crippen LogP contribution is 2.41. The fourth-order valence-corrected chi connectivity index (χ4v) is 5.01. The van der Waals surface area contributed by atoms with Crippen LogP contribution in [-0.4, -0.2) is 59.9 Å². The number of nitrogens with zero attached hydrogens (tertiary/aromatic N) is 2. The van der Waals surface area contributed by atoms with Crippen LogP contribution in [-0.2, 0) is 22.6 Å². The predicted octanol–water partition coefficient (Wildman–Crippen LogP) is 4.57. The van der Waals surface area contributed by atoms with Gasteiger partial charge in [-0.2, -0.15) is 0 Å². The summed E-state index contributed by atoms with van der Waals surface area (Å²) in [7, 11) is 3.83. The number of ether oxygens (including phenoxy) is 2. The number of benzene rings is 3. The lowest BCUT2D eigenvalue weighted by Gasteiger charge is -2.27. The number of hydrogen-bond donors (Lipinski definition) is 1. The fraction of sp³-hybridized carbons (Fsp3) is 0.290. The van der Waals surface area contributed by atoms with E-state index in [0.717, 1.165) is 23.3 Å². The standard InChI is InChI=1S/C31H32N2O5/c1-20-16-24-17-23(12-13-26(24)38-20)29(34)27-28(33(15-14-32(2)3)31(36)30(27)35)22-10-7-11-25(18-22)37-19-21-8-5-4-6-9-21/h4-13,17-18,20,28,34H,14-16,19H2,1-3H3/b29-27-. The van der Waals surface area contributed by atoms with Crippen molar-refractivity contribution >= 4 is 17.4 Å². The highest BCUT2D eigenvalue weighted by molar-refractivity contribution is 6.46. The van der Waals surface area contributed by atoms with Gasteiger partial charge in [-0.25, -0.2) is 0 Å². The zero-order valence-corrected chi connectivity index (χ0v) is 21.9. The van der Waals surface area contributed by atoms with E-state index in [0.29, 0.717) is 36.6 Å². The Hall–Kier alpha value is -4.10. The van der Waals surface area contributed by atoms with Crippen LogP contribution in [0.3, 0.4) is 0 Å². The van der Waals surface area contributed by atoms with E-state index in [2.05, 4.69) is 0 Å². The first-order valence-electron chi connectivity index (χ1n) is 12.8. The molecule has 3 aromatic carbocycles. The second-order valence-corrected chi connectivity index (χ2v) is 10.1. The molecule has 1 saturated heterocycles. The summed E-state index contributed by atoms with van der Waals surface area (Å²) in [4.78, 5) is 30.1. The molecule has 1 amide bonds. The van der Waals surface area contributed by atoms with E-state index >= 15 is 0 Å². The van der Waals surface area contributed by atoms with Gasteiger partial charge >= 0.3 is 0 Å². The fourth-order valence-electron chi connectivity index (χ4n) is 5.01. The van der Waals surface area contributed by atoms with Crippen molar-refractivity contribution in [1.82, 2.24) is 9.80 Å². The molecule has 0 spiro atoms. The lowest BCUT2D eigenvalue weighted by Crippen LogP contribution is -2.35. The quantitative estimate of drug-likeness (QED) is 0.271. The maximum absolute atomic E-state index is 13.4. The molecule has 7 heteroatoms. The smallest absolute Gasteiger partial charge is 0.295 e. The van der Waals surface area contributed by atoms with E-state index in [1.807, 2.05) is 92.6 Å². The molecule has 0 saturated carbocycles. The number of fused-ring (bicyclic) bond motifs is 1. The first-order chi connectivity index (χ1) is 18.3. The Morgan fingerprint density at radius 3 is 2.61 bits per heavy atom. The summed E-state index contributed by atoms with van der Waals surface area (Å²) in [5, 5.41) is 11.5. The molecule has 5 rings (SSSR count). The number of carbonyl (C=O) groups is 2. The number of amides is 1. The van der Waals surface area contributed by atoms with Crippen molar-refractivity contribution in [2.75, 3.05) is 27.2 Å². The molecule has 2 unspecified atom stereocenters. The van der Waals surface area contributed by atoms with Gasteiger partial charge in [0.1, 0.15) is 30.0 Å². The molecular formula is C31H32N2O5. The minimum atomic E-state index is -0.737. The Labute approximate surface area is 222 Å². The lowest BCUT2D eigenvalue weighted by atomic mass is 9.94. The summed E-state index contributed by atoms with van der Waals surface area (Å²) in [5.41, 5.74) is 3.28. The minimum Gasteiger partial charge on any atom is -0.507 e. The summed E-state index contributed by atoms with van der Waals surface area (Å²) in [6, 6.07) is 21.9. The van der Waals surface area contributed by atoms with E-state index < -0.39 is 17.7 Å². The average Bonchev–Trinajstić information content (AvgIpc) is 3.41. The van der Waals surface area contributed by atoms with Gasteiger partial charge in [0.25, 0.3) is 11.7 Å². The molecule has 196 valence electrons. The van der Waals surface area contributed by atoms with E-state index in [-0.39, 0.29) is 17.4 Å². The summed E-state index contributed by atoms with van der Waals surface area (Å²) >= 11 is 0. The van der Waals surface area contributed by atoms with E-state index in [4.69, 9.17) is 9.47 Å². The van der Waals surface area contributed by atoms with Crippen LogP contribution in [0.4, 0.5) is 0 Å². The summed E-state index contributed by atoms with van der Waals surface area (Å²) in [6.45, 7) is 3.29. The first-order valence-corrected chi connectivity index (χ1v) is 12.8. The third kappa shape index (κ3) is 5.15. The van der Waals surface area contributed by atoms with Crippen LogP contribution < -0.4 is 9.47 Å². The number of hydrogen-bond acceptors (Lipinski definition) is 6. The minimum absolute atomic E-state index is 0.0534. The highest BCUT2D eigenvalue weighted by atomic mass is 16.5. The van der Waals surface area contributed by atoms with E-state index in [1.165, 1.54) is 0 Å². The third-order valence-corrected chi connectivity index (χ3v) is 6.92. The van der Waals surface area contributed by atoms with Crippen molar-refractivity contribution in [2.45, 2.75) is 32.1 Å². The van der Waals surface area contributed by atoms with Crippen LogP contribution in [0, 0.1) is 0 Å². The number of likely N-dealkylation sites (N-methyl/N-ethyl adjacent to an activating group) is 1. The SMILES string of the molecule is CC1Cc2cc(/C(O)=C3/C(=O)C(=O)N(CCN(C)C)C3c3cccc(OCc4ccccc4)c3)ccc2O1. The molecule has 2 aliphatic rings. The van der Waals surface area contributed by atoms with Crippen LogP contribution in [0.2, 0.25) is 0 Å². The maximum atomic E-state index is 13.4. The van der Waals surface area contributed by atoms with Gasteiger partial charge < -0.3 is 24.4 Å². The molecule has 3 aromatic rings. The molecule has 2 aliphatic heterocycles. The number of aliphatic hydroxyl groups is 1. The van der Waals surface area contributed by atoms with Crippen LogP contribution in [0.5, 0.6) is 11.5 Å². The van der Waals surface area contributed by atoms with Gasteiger partial charge in [0, 0.05) is 25.1 Å². The van der Waals surface area contributed by atoms with Gasteiger partial charge in [-0.3, -0.25) is 9.59 Å². The molecule has 38 heavy (non-hydrogen) atoms. The Kier molecular flexibility index (Phi) is 7.20. The van der Waals surface area contributed by atoms with Crippen molar-refractivity contribution in [3.05, 3.63) is 101 Å². The Bertz CT molecular complexity index is 1380. The van der Waals surface area contributed by atoms with Crippen LogP contribution in [0.1, 0.15) is 35.2 Å². The van der Waals surface area contributed by atoms with Crippen molar-refractivity contribution in [3.8, 4) is 11.5 Å². The van der Waals surface area contributed by atoms with Crippen molar-refractivity contribution in [1.29, 1.82) is 0 Å². The number of carbonyl (C=O) groups excluding carboxylic acids is 2. The van der Waals surface area contributed by atoms with Crippen molar-refractivity contribution in [3.63, 3.8) is 0 Å². The number of ketones is 1. The molecule has 2 heterocycles. The van der Waals surface area contributed by atoms with Gasteiger partial charge in [-0.1, -0.05) is 42.5 Å². The topological polar surface area (TPSA) is 79.3 Å².